The van der Waals surface area contributed by atoms with Crippen molar-refractivity contribution >= 4 is 48.0 Å². The average molecular weight is 512 g/mol. The Kier molecular flexibility index (Phi) is 11.8. The second-order valence-corrected chi connectivity index (χ2v) is 8.97. The first-order valence-corrected chi connectivity index (χ1v) is 11.8. The van der Waals surface area contributed by atoms with Crippen LogP contribution in [0.25, 0.3) is 0 Å². The summed E-state index contributed by atoms with van der Waals surface area (Å²) in [5.74, 6) is 0. The van der Waals surface area contributed by atoms with E-state index in [-0.39, 0.29) is 31.4 Å². The van der Waals surface area contributed by atoms with Crippen LogP contribution in [-0.4, -0.2) is 80.5 Å². The first kappa shape index (κ1) is 27.7. The van der Waals surface area contributed by atoms with Crippen LogP contribution >= 0.6 is 36.6 Å². The second kappa shape index (κ2) is 14.0. The number of hydrogen-bond donors (Lipinski definition) is 1. The number of halogens is 2. The van der Waals surface area contributed by atoms with Gasteiger partial charge in [-0.3, -0.25) is 4.90 Å². The molecule has 2 aromatic carbocycles. The molecule has 2 aromatic rings. The summed E-state index contributed by atoms with van der Waals surface area (Å²) in [6, 6.07) is 16.8. The van der Waals surface area contributed by atoms with E-state index in [0.29, 0.717) is 18.8 Å². The van der Waals surface area contributed by atoms with Gasteiger partial charge >= 0.3 is 0 Å². The van der Waals surface area contributed by atoms with Crippen molar-refractivity contribution in [1.82, 2.24) is 9.80 Å². The maximum absolute atomic E-state index is 9.36. The lowest BCUT2D eigenvalue weighted by Crippen LogP contribution is -2.47. The van der Waals surface area contributed by atoms with Gasteiger partial charge in [0, 0.05) is 49.1 Å². The summed E-state index contributed by atoms with van der Waals surface area (Å²) in [7, 11) is 0. The van der Waals surface area contributed by atoms with E-state index >= 15 is 0 Å². The highest BCUT2D eigenvalue weighted by Gasteiger charge is 2.24. The van der Waals surface area contributed by atoms with Crippen molar-refractivity contribution in [3.05, 3.63) is 48.0 Å². The van der Waals surface area contributed by atoms with Gasteiger partial charge in [0.25, 0.3) is 0 Å². The lowest BCUT2D eigenvalue weighted by molar-refractivity contribution is 0.0575. The minimum absolute atomic E-state index is 0. The third kappa shape index (κ3) is 7.24. The molecule has 0 unspecified atom stereocenters. The molecule has 33 heavy (non-hydrogen) atoms. The summed E-state index contributed by atoms with van der Waals surface area (Å²) in [5, 5.41) is 18.1. The van der Waals surface area contributed by atoms with Gasteiger partial charge in [-0.15, -0.1) is 24.8 Å². The molecule has 2 aliphatic rings. The first-order valence-electron chi connectivity index (χ1n) is 11.0. The lowest BCUT2D eigenvalue weighted by atomic mass is 10.1. The molecule has 0 amide bonds. The van der Waals surface area contributed by atoms with Crippen LogP contribution in [0.5, 0.6) is 0 Å². The normalized spacial score (nSPS) is 15.6. The molecule has 0 aromatic heterocycles. The van der Waals surface area contributed by atoms with E-state index in [9.17, 15) is 5.26 Å². The van der Waals surface area contributed by atoms with Gasteiger partial charge in [-0.05, 0) is 43.3 Å². The highest BCUT2D eigenvalue weighted by atomic mass is 35.5. The molecule has 0 bridgehead atoms. The van der Waals surface area contributed by atoms with Crippen molar-refractivity contribution in [3.8, 4) is 6.07 Å². The summed E-state index contributed by atoms with van der Waals surface area (Å²) in [6.07, 6.45) is 1.08. The molecule has 180 valence electrons. The van der Waals surface area contributed by atoms with Crippen molar-refractivity contribution in [2.45, 2.75) is 16.2 Å². The van der Waals surface area contributed by atoms with E-state index in [1.165, 1.54) is 15.5 Å². The number of rotatable bonds is 9. The van der Waals surface area contributed by atoms with Gasteiger partial charge in [0.05, 0.1) is 42.8 Å². The number of piperazine rings is 1. The van der Waals surface area contributed by atoms with E-state index in [2.05, 4.69) is 51.1 Å². The number of nitrogens with zero attached hydrogens (tertiary/aromatic N) is 4. The SMILES string of the molecule is Cl.Cl.N#Cc1ccc2c(c1)N(CCCN1CCN(CCOCCO)CC1)c1ccccc1S2. The number of ether oxygens (including phenoxy) is 1. The van der Waals surface area contributed by atoms with Crippen molar-refractivity contribution < 1.29 is 9.84 Å². The molecule has 6 nitrogen and oxygen atoms in total. The van der Waals surface area contributed by atoms with Crippen molar-refractivity contribution in [3.63, 3.8) is 0 Å². The number of benzene rings is 2. The lowest BCUT2D eigenvalue weighted by Gasteiger charge is -2.36. The Labute approximate surface area is 213 Å². The van der Waals surface area contributed by atoms with E-state index in [1.807, 2.05) is 12.1 Å². The summed E-state index contributed by atoms with van der Waals surface area (Å²) < 4.78 is 5.39. The molecule has 0 aliphatic carbocycles. The Bertz CT molecular complexity index is 920. The third-order valence-electron chi connectivity index (χ3n) is 5.86. The second-order valence-electron chi connectivity index (χ2n) is 7.89. The van der Waals surface area contributed by atoms with Crippen LogP contribution in [0.4, 0.5) is 11.4 Å². The summed E-state index contributed by atoms with van der Waals surface area (Å²) in [6.45, 7) is 8.48. The molecule has 2 aliphatic heterocycles. The fourth-order valence-corrected chi connectivity index (χ4v) is 5.27. The predicted octanol–water partition coefficient (Wildman–Crippen LogP) is 4.02. The van der Waals surface area contributed by atoms with Crippen molar-refractivity contribution in [1.29, 1.82) is 5.26 Å². The van der Waals surface area contributed by atoms with E-state index in [0.717, 1.165) is 57.9 Å². The standard InChI is InChI=1S/C24H30N4O2S.2ClH/c25-19-20-6-7-24-22(18-20)28(21-4-1-2-5-23(21)31-24)9-3-8-26-10-12-27(13-11-26)14-16-30-17-15-29;;/h1-2,4-7,18,29H,3,8-17H2;2*1H. The van der Waals surface area contributed by atoms with Gasteiger partial charge in [0.2, 0.25) is 0 Å². The van der Waals surface area contributed by atoms with Gasteiger partial charge in [-0.2, -0.15) is 5.26 Å². The molecule has 0 radical (unpaired) electrons. The number of anilines is 2. The molecule has 1 fully saturated rings. The molecular formula is C24H32Cl2N4O2S. The molecule has 1 saturated heterocycles. The number of nitriles is 1. The van der Waals surface area contributed by atoms with Gasteiger partial charge in [-0.25, -0.2) is 0 Å². The van der Waals surface area contributed by atoms with Gasteiger partial charge in [0.1, 0.15) is 0 Å². The van der Waals surface area contributed by atoms with Crippen LogP contribution in [0.3, 0.4) is 0 Å². The zero-order valence-electron chi connectivity index (χ0n) is 18.7. The van der Waals surface area contributed by atoms with E-state index in [1.54, 1.807) is 11.8 Å². The average Bonchev–Trinajstić information content (AvgIpc) is 2.82. The number of hydrogen-bond acceptors (Lipinski definition) is 7. The largest absolute Gasteiger partial charge is 0.394 e. The molecule has 0 spiro atoms. The zero-order chi connectivity index (χ0) is 21.5. The topological polar surface area (TPSA) is 63.0 Å². The molecule has 4 rings (SSSR count). The van der Waals surface area contributed by atoms with Crippen LogP contribution in [-0.2, 0) is 4.74 Å². The zero-order valence-corrected chi connectivity index (χ0v) is 21.1. The van der Waals surface area contributed by atoms with Crippen LogP contribution in [0, 0.1) is 11.3 Å². The van der Waals surface area contributed by atoms with Crippen LogP contribution < -0.4 is 4.90 Å². The highest BCUT2D eigenvalue weighted by molar-refractivity contribution is 7.99. The monoisotopic (exact) mass is 510 g/mol. The molecule has 1 N–H and O–H groups in total. The molecular weight excluding hydrogens is 479 g/mol. The number of fused-ring (bicyclic) bond motifs is 2. The Morgan fingerprint density at radius 2 is 1.58 bits per heavy atom. The molecule has 9 heteroatoms. The molecule has 2 heterocycles. The third-order valence-corrected chi connectivity index (χ3v) is 6.99. The maximum Gasteiger partial charge on any atom is 0.0992 e. The summed E-state index contributed by atoms with van der Waals surface area (Å²) in [5.41, 5.74) is 3.10. The fraction of sp³-hybridized carbons (Fsp3) is 0.458. The van der Waals surface area contributed by atoms with Crippen molar-refractivity contribution in [2.75, 3.05) is 70.5 Å². The fourth-order valence-electron chi connectivity index (χ4n) is 4.19. The Morgan fingerprint density at radius 1 is 0.879 bits per heavy atom. The minimum atomic E-state index is 0. The summed E-state index contributed by atoms with van der Waals surface area (Å²) >= 11 is 1.79. The first-order chi connectivity index (χ1) is 15.3. The van der Waals surface area contributed by atoms with Crippen molar-refractivity contribution in [2.24, 2.45) is 0 Å². The van der Waals surface area contributed by atoms with E-state index < -0.39 is 0 Å². The Hall–Kier alpha value is -1.50. The predicted molar refractivity (Wildman–Crippen MR) is 139 cm³/mol. The highest BCUT2D eigenvalue weighted by Crippen LogP contribution is 2.48. The van der Waals surface area contributed by atoms with Gasteiger partial charge in [-0.1, -0.05) is 23.9 Å². The van der Waals surface area contributed by atoms with Crippen LogP contribution in [0.1, 0.15) is 12.0 Å². The number of aliphatic hydroxyl groups excluding tert-OH is 1. The smallest absolute Gasteiger partial charge is 0.0992 e. The Morgan fingerprint density at radius 3 is 2.30 bits per heavy atom. The van der Waals surface area contributed by atoms with E-state index in [4.69, 9.17) is 9.84 Å². The number of aliphatic hydroxyl groups is 1. The van der Waals surface area contributed by atoms with Crippen LogP contribution in [0.15, 0.2) is 52.3 Å². The Balaban J connectivity index is 0.00000193. The quantitative estimate of drug-likeness (QED) is 0.511. The molecule has 0 atom stereocenters. The summed E-state index contributed by atoms with van der Waals surface area (Å²) in [4.78, 5) is 9.86. The van der Waals surface area contributed by atoms with Gasteiger partial charge < -0.3 is 19.6 Å². The van der Waals surface area contributed by atoms with Gasteiger partial charge in [0.15, 0.2) is 0 Å². The van der Waals surface area contributed by atoms with Crippen LogP contribution in [0.2, 0.25) is 0 Å². The minimum Gasteiger partial charge on any atom is -0.394 e. The number of para-hydroxylation sites is 1. The maximum atomic E-state index is 9.36. The molecule has 0 saturated carbocycles.